The number of aryl methyl sites for hydroxylation is 1. The Balaban J connectivity index is 1.25. The van der Waals surface area contributed by atoms with Gasteiger partial charge in [0.05, 0.1) is 11.2 Å². The molecule has 1 N–H and O–H groups in total. The Hall–Kier alpha value is -3.95. The van der Waals surface area contributed by atoms with Gasteiger partial charge in [0.1, 0.15) is 5.69 Å². The number of hydrogen-bond donors (Lipinski definition) is 1. The number of nitrogens with zero attached hydrogens (tertiary/aromatic N) is 4. The minimum Gasteiger partial charge on any atom is -0.332 e. The molecule has 2 aromatic heterocycles. The Morgan fingerprint density at radius 1 is 0.971 bits per heavy atom. The second kappa shape index (κ2) is 9.36. The van der Waals surface area contributed by atoms with Crippen molar-refractivity contribution in [2.75, 3.05) is 4.72 Å². The van der Waals surface area contributed by atoms with E-state index in [4.69, 9.17) is 16.1 Å². The number of nitrogens with one attached hydrogen (secondary N) is 1. The van der Waals surface area contributed by atoms with Crippen molar-refractivity contribution in [1.29, 1.82) is 0 Å². The largest absolute Gasteiger partial charge is 0.332 e. The van der Waals surface area contributed by atoms with Crippen LogP contribution >= 0.6 is 11.6 Å². The van der Waals surface area contributed by atoms with Crippen molar-refractivity contribution in [1.82, 2.24) is 19.7 Å². The third-order valence-corrected chi connectivity index (χ3v) is 6.93. The van der Waals surface area contributed by atoms with E-state index in [0.717, 1.165) is 16.7 Å². The molecule has 8 nitrogen and oxygen atoms in total. The molecule has 0 atom stereocenters. The summed E-state index contributed by atoms with van der Waals surface area (Å²) in [7, 11) is -3.70. The number of halogens is 1. The molecule has 0 aliphatic heterocycles. The molecule has 0 saturated carbocycles. The van der Waals surface area contributed by atoms with Crippen molar-refractivity contribution in [3.05, 3.63) is 101 Å². The van der Waals surface area contributed by atoms with Crippen LogP contribution in [0.25, 0.3) is 23.0 Å². The summed E-state index contributed by atoms with van der Waals surface area (Å²) < 4.78 is 34.9. The fourth-order valence-electron chi connectivity index (χ4n) is 3.42. The first-order chi connectivity index (χ1) is 16.9. The number of aromatic nitrogens is 4. The van der Waals surface area contributed by atoms with Crippen molar-refractivity contribution >= 4 is 27.3 Å². The number of sulfonamides is 1. The summed E-state index contributed by atoms with van der Waals surface area (Å²) in [6.45, 7) is 2.56. The van der Waals surface area contributed by atoms with Gasteiger partial charge in [-0.05, 0) is 48.9 Å². The normalized spacial score (nSPS) is 11.5. The van der Waals surface area contributed by atoms with Crippen LogP contribution in [0.4, 0.5) is 5.69 Å². The molecule has 3 aromatic carbocycles. The standard InChI is InChI=1S/C25H20ClN5O3S/c1-17-2-6-19(7-3-17)24-28-25(34-29-24)23-15-31(16-27-23)14-18-4-10-21(11-5-18)30-35(32,33)22-12-8-20(26)9-13-22/h2-13,15-16,30H,14H2,1H3. The molecule has 0 saturated heterocycles. The molecule has 0 unspecified atom stereocenters. The van der Waals surface area contributed by atoms with Gasteiger partial charge in [-0.15, -0.1) is 0 Å². The molecule has 0 amide bonds. The Morgan fingerprint density at radius 3 is 2.40 bits per heavy atom. The number of benzene rings is 3. The molecule has 0 radical (unpaired) electrons. The van der Waals surface area contributed by atoms with Crippen molar-refractivity contribution in [2.24, 2.45) is 0 Å². The Kier molecular flexibility index (Phi) is 6.10. The van der Waals surface area contributed by atoms with Crippen LogP contribution in [-0.4, -0.2) is 28.1 Å². The average molecular weight is 506 g/mol. The van der Waals surface area contributed by atoms with Crippen LogP contribution in [0.2, 0.25) is 5.02 Å². The fourth-order valence-corrected chi connectivity index (χ4v) is 4.61. The van der Waals surface area contributed by atoms with Gasteiger partial charge in [-0.1, -0.05) is 58.7 Å². The fraction of sp³-hybridized carbons (Fsp3) is 0.0800. The maximum atomic E-state index is 12.5. The lowest BCUT2D eigenvalue weighted by molar-refractivity contribution is 0.431. The maximum Gasteiger partial charge on any atom is 0.278 e. The molecule has 0 aliphatic carbocycles. The van der Waals surface area contributed by atoms with Gasteiger partial charge in [0, 0.05) is 29.0 Å². The molecule has 176 valence electrons. The zero-order chi connectivity index (χ0) is 24.4. The molecule has 35 heavy (non-hydrogen) atoms. The van der Waals surface area contributed by atoms with Crippen molar-refractivity contribution in [3.8, 4) is 23.0 Å². The lowest BCUT2D eigenvalue weighted by atomic mass is 10.1. The third kappa shape index (κ3) is 5.26. The van der Waals surface area contributed by atoms with Crippen LogP contribution < -0.4 is 4.72 Å². The summed E-state index contributed by atoms with van der Waals surface area (Å²) in [5, 5.41) is 4.53. The first kappa shape index (κ1) is 22.8. The number of rotatable bonds is 7. The van der Waals surface area contributed by atoms with Crippen LogP contribution in [0.15, 0.2) is 94.7 Å². The molecular weight excluding hydrogens is 486 g/mol. The van der Waals surface area contributed by atoms with Crippen LogP contribution in [0.1, 0.15) is 11.1 Å². The predicted molar refractivity (Wildman–Crippen MR) is 133 cm³/mol. The van der Waals surface area contributed by atoms with Gasteiger partial charge in [-0.25, -0.2) is 13.4 Å². The van der Waals surface area contributed by atoms with Crippen molar-refractivity contribution in [3.63, 3.8) is 0 Å². The molecule has 10 heteroatoms. The lowest BCUT2D eigenvalue weighted by Gasteiger charge is -2.09. The van der Waals surface area contributed by atoms with E-state index in [1.165, 1.54) is 24.3 Å². The van der Waals surface area contributed by atoms with E-state index in [0.29, 0.717) is 34.7 Å². The predicted octanol–water partition coefficient (Wildman–Crippen LogP) is 5.41. The molecule has 0 aliphatic rings. The SMILES string of the molecule is Cc1ccc(-c2noc(-c3cn(Cc4ccc(NS(=O)(=O)c5ccc(Cl)cc5)cc4)cn3)n2)cc1. The van der Waals surface area contributed by atoms with Crippen LogP contribution in [0.3, 0.4) is 0 Å². The van der Waals surface area contributed by atoms with E-state index in [1.54, 1.807) is 18.5 Å². The monoisotopic (exact) mass is 505 g/mol. The second-order valence-corrected chi connectivity index (χ2v) is 10.1. The highest BCUT2D eigenvalue weighted by Crippen LogP contribution is 2.22. The highest BCUT2D eigenvalue weighted by Gasteiger charge is 2.15. The van der Waals surface area contributed by atoms with E-state index >= 15 is 0 Å². The summed E-state index contributed by atoms with van der Waals surface area (Å²) in [6, 6.07) is 21.0. The van der Waals surface area contributed by atoms with Gasteiger partial charge >= 0.3 is 0 Å². The highest BCUT2D eigenvalue weighted by molar-refractivity contribution is 7.92. The Bertz CT molecular complexity index is 1560. The summed E-state index contributed by atoms with van der Waals surface area (Å²) >= 11 is 5.84. The molecule has 0 spiro atoms. The van der Waals surface area contributed by atoms with Gasteiger partial charge in [0.15, 0.2) is 0 Å². The Morgan fingerprint density at radius 2 is 1.69 bits per heavy atom. The quantitative estimate of drug-likeness (QED) is 0.317. The van der Waals surface area contributed by atoms with Crippen molar-refractivity contribution in [2.45, 2.75) is 18.4 Å². The van der Waals surface area contributed by atoms with Crippen LogP contribution in [-0.2, 0) is 16.6 Å². The van der Waals surface area contributed by atoms with E-state index in [-0.39, 0.29) is 4.90 Å². The first-order valence-corrected chi connectivity index (χ1v) is 12.5. The smallest absolute Gasteiger partial charge is 0.278 e. The zero-order valence-electron chi connectivity index (χ0n) is 18.6. The molecule has 5 rings (SSSR count). The minimum atomic E-state index is -3.70. The van der Waals surface area contributed by atoms with Gasteiger partial charge in [0.25, 0.3) is 15.9 Å². The highest BCUT2D eigenvalue weighted by atomic mass is 35.5. The molecule has 0 fully saturated rings. The van der Waals surface area contributed by atoms with Gasteiger partial charge < -0.3 is 9.09 Å². The molecule has 5 aromatic rings. The number of hydrogen-bond acceptors (Lipinski definition) is 6. The first-order valence-electron chi connectivity index (χ1n) is 10.7. The van der Waals surface area contributed by atoms with E-state index in [1.807, 2.05) is 54.1 Å². The third-order valence-electron chi connectivity index (χ3n) is 5.28. The zero-order valence-corrected chi connectivity index (χ0v) is 20.2. The summed E-state index contributed by atoms with van der Waals surface area (Å²) in [5.74, 6) is 0.845. The van der Waals surface area contributed by atoms with E-state index in [2.05, 4.69) is 19.8 Å². The second-order valence-electron chi connectivity index (χ2n) is 7.98. The van der Waals surface area contributed by atoms with Crippen LogP contribution in [0.5, 0.6) is 0 Å². The average Bonchev–Trinajstić information content (AvgIpc) is 3.51. The lowest BCUT2D eigenvalue weighted by Crippen LogP contribution is -2.12. The van der Waals surface area contributed by atoms with Crippen LogP contribution in [0, 0.1) is 6.92 Å². The summed E-state index contributed by atoms with van der Waals surface area (Å²) in [4.78, 5) is 8.97. The summed E-state index contributed by atoms with van der Waals surface area (Å²) in [6.07, 6.45) is 3.51. The van der Waals surface area contributed by atoms with Gasteiger partial charge in [-0.3, -0.25) is 4.72 Å². The molecule has 0 bridgehead atoms. The summed E-state index contributed by atoms with van der Waals surface area (Å²) in [5.41, 5.74) is 4.03. The minimum absolute atomic E-state index is 0.142. The van der Waals surface area contributed by atoms with Crippen molar-refractivity contribution < 1.29 is 12.9 Å². The van der Waals surface area contributed by atoms with E-state index < -0.39 is 10.0 Å². The number of imidazole rings is 1. The maximum absolute atomic E-state index is 12.5. The topological polar surface area (TPSA) is 103 Å². The number of anilines is 1. The Labute approximate surface area is 207 Å². The van der Waals surface area contributed by atoms with Gasteiger partial charge in [0.2, 0.25) is 5.82 Å². The van der Waals surface area contributed by atoms with E-state index in [9.17, 15) is 8.42 Å². The van der Waals surface area contributed by atoms with Gasteiger partial charge in [-0.2, -0.15) is 4.98 Å². The molecule has 2 heterocycles. The molecular formula is C25H20ClN5O3S.